The van der Waals surface area contributed by atoms with Crippen molar-refractivity contribution in [2.75, 3.05) is 13.2 Å². The molecule has 0 spiro atoms. The zero-order chi connectivity index (χ0) is 13.5. The van der Waals surface area contributed by atoms with Crippen LogP contribution in [-0.4, -0.2) is 35.0 Å². The summed E-state index contributed by atoms with van der Waals surface area (Å²) >= 11 is 3.35. The second kappa shape index (κ2) is 7.48. The smallest absolute Gasteiger partial charge is 0.320 e. The molecule has 4 nitrogen and oxygen atoms in total. The second-order valence-corrected chi connectivity index (χ2v) is 5.19. The van der Waals surface area contributed by atoms with Gasteiger partial charge in [-0.2, -0.15) is 0 Å². The first-order valence-corrected chi connectivity index (χ1v) is 6.82. The third kappa shape index (κ3) is 5.14. The largest absolute Gasteiger partial charge is 0.465 e. The second-order valence-electron chi connectivity index (χ2n) is 4.27. The van der Waals surface area contributed by atoms with Crippen molar-refractivity contribution < 1.29 is 9.53 Å². The Morgan fingerprint density at radius 2 is 2.22 bits per heavy atom. The molecule has 0 bridgehead atoms. The van der Waals surface area contributed by atoms with Gasteiger partial charge in [0, 0.05) is 23.3 Å². The molecule has 0 amide bonds. The van der Waals surface area contributed by atoms with Crippen LogP contribution in [0.3, 0.4) is 0 Å². The fourth-order valence-corrected chi connectivity index (χ4v) is 1.74. The van der Waals surface area contributed by atoms with E-state index in [1.165, 1.54) is 0 Å². The molecule has 0 aliphatic heterocycles. The Morgan fingerprint density at radius 3 is 2.72 bits per heavy atom. The van der Waals surface area contributed by atoms with Gasteiger partial charge in [0.05, 0.1) is 18.8 Å². The molecular formula is C13H19BrN2O2. The number of hydrogen-bond acceptors (Lipinski definition) is 4. The van der Waals surface area contributed by atoms with E-state index in [0.717, 1.165) is 10.2 Å². The topological polar surface area (TPSA) is 42.4 Å². The first-order chi connectivity index (χ1) is 8.52. The Hall–Kier alpha value is -0.940. The first-order valence-electron chi connectivity index (χ1n) is 6.03. The Bertz CT molecular complexity index is 379. The zero-order valence-corrected chi connectivity index (χ0v) is 12.6. The number of hydrogen-bond donors (Lipinski definition) is 0. The molecular weight excluding hydrogens is 296 g/mol. The summed E-state index contributed by atoms with van der Waals surface area (Å²) in [5.41, 5.74) is 0.941. The molecule has 0 atom stereocenters. The number of rotatable bonds is 6. The molecule has 18 heavy (non-hydrogen) atoms. The summed E-state index contributed by atoms with van der Waals surface area (Å²) in [7, 11) is 0. The normalized spacial score (nSPS) is 11.0. The maximum Gasteiger partial charge on any atom is 0.320 e. The molecule has 0 aliphatic rings. The molecule has 1 aromatic heterocycles. The van der Waals surface area contributed by atoms with Crippen LogP contribution in [0.2, 0.25) is 0 Å². The Kier molecular flexibility index (Phi) is 6.29. The van der Waals surface area contributed by atoms with Crippen LogP contribution in [0.15, 0.2) is 22.8 Å². The van der Waals surface area contributed by atoms with Crippen molar-refractivity contribution >= 4 is 21.9 Å². The molecule has 0 unspecified atom stereocenters. The van der Waals surface area contributed by atoms with Gasteiger partial charge in [-0.25, -0.2) is 0 Å². The molecule has 1 aromatic rings. The van der Waals surface area contributed by atoms with Gasteiger partial charge in [0.25, 0.3) is 0 Å². The van der Waals surface area contributed by atoms with Gasteiger partial charge in [-0.1, -0.05) is 0 Å². The average molecular weight is 315 g/mol. The van der Waals surface area contributed by atoms with Crippen LogP contribution in [0, 0.1) is 0 Å². The lowest BCUT2D eigenvalue weighted by Gasteiger charge is -2.24. The highest BCUT2D eigenvalue weighted by molar-refractivity contribution is 9.10. The van der Waals surface area contributed by atoms with E-state index in [2.05, 4.69) is 34.8 Å². The molecule has 0 aromatic carbocycles. The van der Waals surface area contributed by atoms with Gasteiger partial charge in [0.2, 0.25) is 0 Å². The van der Waals surface area contributed by atoms with Gasteiger partial charge >= 0.3 is 5.97 Å². The Morgan fingerprint density at radius 1 is 1.50 bits per heavy atom. The van der Waals surface area contributed by atoms with Crippen molar-refractivity contribution in [3.05, 3.63) is 28.5 Å². The number of aromatic nitrogens is 1. The van der Waals surface area contributed by atoms with E-state index in [1.807, 2.05) is 24.0 Å². The third-order valence-corrected chi connectivity index (χ3v) is 2.99. The molecule has 1 rings (SSSR count). The Balaban J connectivity index is 2.62. The Labute approximate surface area is 116 Å². The summed E-state index contributed by atoms with van der Waals surface area (Å²) in [6.45, 7) is 7.28. The third-order valence-electron chi connectivity index (χ3n) is 2.52. The zero-order valence-electron chi connectivity index (χ0n) is 11.0. The minimum atomic E-state index is -0.191. The number of esters is 1. The fourth-order valence-electron chi connectivity index (χ4n) is 1.50. The van der Waals surface area contributed by atoms with Crippen LogP contribution < -0.4 is 0 Å². The van der Waals surface area contributed by atoms with E-state index in [-0.39, 0.29) is 12.0 Å². The van der Waals surface area contributed by atoms with Crippen LogP contribution in [0.5, 0.6) is 0 Å². The van der Waals surface area contributed by atoms with Crippen LogP contribution in [0.1, 0.15) is 26.5 Å². The van der Waals surface area contributed by atoms with E-state index < -0.39 is 0 Å². The van der Waals surface area contributed by atoms with E-state index in [0.29, 0.717) is 19.7 Å². The van der Waals surface area contributed by atoms with Crippen LogP contribution >= 0.6 is 15.9 Å². The van der Waals surface area contributed by atoms with Gasteiger partial charge in [-0.05, 0) is 48.8 Å². The molecule has 1 heterocycles. The standard InChI is InChI=1S/C13H19BrN2O2/c1-4-18-13(17)9-16(10(2)3)8-12-6-5-11(14)7-15-12/h5-7,10H,4,8-9H2,1-3H3. The summed E-state index contributed by atoms with van der Waals surface area (Å²) in [5.74, 6) is -0.191. The number of ether oxygens (including phenoxy) is 1. The van der Waals surface area contributed by atoms with E-state index >= 15 is 0 Å². The summed E-state index contributed by atoms with van der Waals surface area (Å²) in [5, 5.41) is 0. The molecule has 0 saturated carbocycles. The van der Waals surface area contributed by atoms with Crippen molar-refractivity contribution in [3.63, 3.8) is 0 Å². The molecule has 0 saturated heterocycles. The van der Waals surface area contributed by atoms with Crippen molar-refractivity contribution in [3.8, 4) is 0 Å². The number of carbonyl (C=O) groups excluding carboxylic acids is 1. The predicted octanol–water partition coefficient (Wildman–Crippen LogP) is 2.62. The highest BCUT2D eigenvalue weighted by Crippen LogP contribution is 2.10. The number of carbonyl (C=O) groups is 1. The summed E-state index contributed by atoms with van der Waals surface area (Å²) in [6, 6.07) is 4.16. The molecule has 5 heteroatoms. The summed E-state index contributed by atoms with van der Waals surface area (Å²) in [4.78, 5) is 17.9. The number of nitrogens with zero attached hydrogens (tertiary/aromatic N) is 2. The van der Waals surface area contributed by atoms with E-state index in [4.69, 9.17) is 4.74 Å². The van der Waals surface area contributed by atoms with Crippen molar-refractivity contribution in [2.24, 2.45) is 0 Å². The first kappa shape index (κ1) is 15.1. The van der Waals surface area contributed by atoms with Gasteiger partial charge in [0.1, 0.15) is 0 Å². The average Bonchev–Trinajstić information content (AvgIpc) is 2.31. The molecule has 0 N–H and O–H groups in total. The van der Waals surface area contributed by atoms with Crippen molar-refractivity contribution in [1.29, 1.82) is 0 Å². The minimum Gasteiger partial charge on any atom is -0.465 e. The van der Waals surface area contributed by atoms with Crippen LogP contribution in [0.4, 0.5) is 0 Å². The monoisotopic (exact) mass is 314 g/mol. The fraction of sp³-hybridized carbons (Fsp3) is 0.538. The van der Waals surface area contributed by atoms with E-state index in [9.17, 15) is 4.79 Å². The quantitative estimate of drug-likeness (QED) is 0.757. The molecule has 0 aliphatic carbocycles. The molecule has 0 fully saturated rings. The predicted molar refractivity (Wildman–Crippen MR) is 74.1 cm³/mol. The van der Waals surface area contributed by atoms with Crippen molar-refractivity contribution in [2.45, 2.75) is 33.4 Å². The summed E-state index contributed by atoms with van der Waals surface area (Å²) in [6.07, 6.45) is 1.76. The van der Waals surface area contributed by atoms with Crippen LogP contribution in [-0.2, 0) is 16.1 Å². The highest BCUT2D eigenvalue weighted by Gasteiger charge is 2.15. The van der Waals surface area contributed by atoms with Gasteiger partial charge in [0.15, 0.2) is 0 Å². The molecule has 100 valence electrons. The molecule has 0 radical (unpaired) electrons. The lowest BCUT2D eigenvalue weighted by atomic mass is 10.2. The van der Waals surface area contributed by atoms with Crippen molar-refractivity contribution in [1.82, 2.24) is 9.88 Å². The maximum absolute atomic E-state index is 11.5. The summed E-state index contributed by atoms with van der Waals surface area (Å²) < 4.78 is 5.92. The van der Waals surface area contributed by atoms with Crippen LogP contribution in [0.25, 0.3) is 0 Å². The van der Waals surface area contributed by atoms with Gasteiger partial charge < -0.3 is 4.74 Å². The highest BCUT2D eigenvalue weighted by atomic mass is 79.9. The lowest BCUT2D eigenvalue weighted by Crippen LogP contribution is -2.36. The van der Waals surface area contributed by atoms with Gasteiger partial charge in [-0.15, -0.1) is 0 Å². The lowest BCUT2D eigenvalue weighted by molar-refractivity contribution is -0.145. The number of pyridine rings is 1. The maximum atomic E-state index is 11.5. The van der Waals surface area contributed by atoms with Gasteiger partial charge in [-0.3, -0.25) is 14.7 Å². The minimum absolute atomic E-state index is 0.191. The van der Waals surface area contributed by atoms with E-state index in [1.54, 1.807) is 6.20 Å². The number of halogens is 1. The SMILES string of the molecule is CCOC(=O)CN(Cc1ccc(Br)cn1)C(C)C.